The Balaban J connectivity index is 2.25. The van der Waals surface area contributed by atoms with Crippen LogP contribution in [0.1, 0.15) is 102 Å². The maximum Gasteiger partial charge on any atom is 0.295 e. The molecule has 0 atom stereocenters. The molecule has 0 aromatic heterocycles. The van der Waals surface area contributed by atoms with Crippen molar-refractivity contribution >= 4 is 20.9 Å². The summed E-state index contributed by atoms with van der Waals surface area (Å²) in [5.41, 5.74) is 1.95. The molecule has 0 aliphatic heterocycles. The lowest BCUT2D eigenvalue weighted by molar-refractivity contribution is 0.482. The van der Waals surface area contributed by atoms with Crippen LogP contribution in [0.25, 0.3) is 10.8 Å². The number of fused-ring (bicyclic) bond motifs is 1. The summed E-state index contributed by atoms with van der Waals surface area (Å²) < 4.78 is 34.9. The zero-order chi connectivity index (χ0) is 21.8. The lowest BCUT2D eigenvalue weighted by Crippen LogP contribution is -2.08. The third-order valence-corrected chi connectivity index (χ3v) is 7.02. The van der Waals surface area contributed by atoms with Crippen LogP contribution in [0.5, 0.6) is 0 Å². The van der Waals surface area contributed by atoms with Gasteiger partial charge < -0.3 is 0 Å². The second kappa shape index (κ2) is 13.1. The van der Waals surface area contributed by atoms with Gasteiger partial charge in [0.25, 0.3) is 10.1 Å². The van der Waals surface area contributed by atoms with Crippen molar-refractivity contribution in [1.82, 2.24) is 0 Å². The molecule has 2 aromatic carbocycles. The Hall–Kier alpha value is -1.39. The molecule has 2 rings (SSSR count). The quantitative estimate of drug-likeness (QED) is 0.230. The van der Waals surface area contributed by atoms with Gasteiger partial charge >= 0.3 is 0 Å². The molecular weight excluding hydrogens is 392 g/mol. The van der Waals surface area contributed by atoms with E-state index in [0.29, 0.717) is 5.39 Å². The Morgan fingerprint density at radius 3 is 1.87 bits per heavy atom. The average Bonchev–Trinajstić information content (AvgIpc) is 2.72. The normalized spacial score (nSPS) is 12.0. The molecule has 0 saturated carbocycles. The molecule has 0 radical (unpaired) electrons. The Labute approximate surface area is 184 Å². The van der Waals surface area contributed by atoms with Gasteiger partial charge in [-0.3, -0.25) is 4.55 Å². The fourth-order valence-electron chi connectivity index (χ4n) is 4.38. The highest BCUT2D eigenvalue weighted by Gasteiger charge is 2.22. The SMILES string of the molecule is CCCCCCCCc1cc2ccccc2c(S(=O)(=O)O)c1CCCCCCCC. The van der Waals surface area contributed by atoms with Gasteiger partial charge in [-0.25, -0.2) is 0 Å². The zero-order valence-corrected chi connectivity index (χ0v) is 19.8. The number of aryl methyl sites for hydroxylation is 1. The first kappa shape index (κ1) is 24.9. The van der Waals surface area contributed by atoms with Gasteiger partial charge in [-0.15, -0.1) is 0 Å². The van der Waals surface area contributed by atoms with Crippen LogP contribution in [-0.2, 0) is 23.0 Å². The second-order valence-corrected chi connectivity index (χ2v) is 9.93. The third kappa shape index (κ3) is 7.70. The van der Waals surface area contributed by atoms with Crippen molar-refractivity contribution in [3.8, 4) is 0 Å². The molecule has 1 N–H and O–H groups in total. The number of hydrogen-bond donors (Lipinski definition) is 1. The Morgan fingerprint density at radius 1 is 0.733 bits per heavy atom. The Kier molecular flexibility index (Phi) is 10.9. The van der Waals surface area contributed by atoms with Gasteiger partial charge in [-0.1, -0.05) is 108 Å². The highest BCUT2D eigenvalue weighted by atomic mass is 32.2. The number of rotatable bonds is 15. The van der Waals surface area contributed by atoms with Gasteiger partial charge in [0, 0.05) is 5.39 Å². The molecule has 0 heterocycles. The molecule has 0 unspecified atom stereocenters. The Bertz CT molecular complexity index is 871. The molecule has 0 aliphatic carbocycles. The second-order valence-electron chi connectivity index (χ2n) is 8.58. The highest BCUT2D eigenvalue weighted by molar-refractivity contribution is 7.86. The fourth-order valence-corrected chi connectivity index (χ4v) is 5.39. The van der Waals surface area contributed by atoms with Crippen LogP contribution in [0.3, 0.4) is 0 Å². The van der Waals surface area contributed by atoms with E-state index in [9.17, 15) is 13.0 Å². The van der Waals surface area contributed by atoms with Gasteiger partial charge in [0.05, 0.1) is 0 Å². The monoisotopic (exact) mass is 432 g/mol. The van der Waals surface area contributed by atoms with E-state index in [4.69, 9.17) is 0 Å². The summed E-state index contributed by atoms with van der Waals surface area (Å²) in [6, 6.07) is 9.69. The van der Waals surface area contributed by atoms with Crippen LogP contribution in [0.2, 0.25) is 0 Å². The van der Waals surface area contributed by atoms with Gasteiger partial charge in [-0.05, 0) is 42.2 Å². The molecule has 30 heavy (non-hydrogen) atoms. The standard InChI is InChI=1S/C26H40O3S/c1-3-5-7-9-11-13-17-22-21-23-18-15-16-20-25(23)26(30(27,28)29)24(22)19-14-12-10-8-6-4-2/h15-16,18,20-21H,3-14,17,19H2,1-2H3,(H,27,28,29). The van der Waals surface area contributed by atoms with Crippen LogP contribution in [-0.4, -0.2) is 13.0 Å². The molecule has 0 saturated heterocycles. The maximum atomic E-state index is 12.4. The lowest BCUT2D eigenvalue weighted by atomic mass is 9.93. The van der Waals surface area contributed by atoms with Crippen molar-refractivity contribution < 1.29 is 13.0 Å². The molecule has 0 bridgehead atoms. The minimum absolute atomic E-state index is 0.148. The summed E-state index contributed by atoms with van der Waals surface area (Å²) in [6.45, 7) is 4.43. The summed E-state index contributed by atoms with van der Waals surface area (Å²) >= 11 is 0. The summed E-state index contributed by atoms with van der Waals surface area (Å²) in [5, 5.41) is 1.55. The van der Waals surface area contributed by atoms with Crippen molar-refractivity contribution in [3.63, 3.8) is 0 Å². The number of hydrogen-bond acceptors (Lipinski definition) is 2. The van der Waals surface area contributed by atoms with E-state index in [0.717, 1.165) is 48.6 Å². The molecular formula is C26H40O3S. The first-order chi connectivity index (χ1) is 14.5. The summed E-state index contributed by atoms with van der Waals surface area (Å²) in [5.74, 6) is 0. The van der Waals surface area contributed by atoms with Gasteiger partial charge in [0.15, 0.2) is 0 Å². The predicted octanol–water partition coefficient (Wildman–Crippen LogP) is 7.89. The first-order valence-electron chi connectivity index (χ1n) is 12.0. The smallest absolute Gasteiger partial charge is 0.282 e. The average molecular weight is 433 g/mol. The molecule has 0 amide bonds. The maximum absolute atomic E-state index is 12.4. The van der Waals surface area contributed by atoms with E-state index in [1.54, 1.807) is 0 Å². The summed E-state index contributed by atoms with van der Waals surface area (Å²) in [6.07, 6.45) is 15.9. The van der Waals surface area contributed by atoms with Crippen LogP contribution in [0, 0.1) is 0 Å². The molecule has 0 spiro atoms. The van der Waals surface area contributed by atoms with E-state index in [1.165, 1.54) is 57.8 Å². The minimum atomic E-state index is -4.28. The molecule has 0 fully saturated rings. The van der Waals surface area contributed by atoms with Crippen molar-refractivity contribution in [2.24, 2.45) is 0 Å². The third-order valence-electron chi connectivity index (χ3n) is 6.03. The van der Waals surface area contributed by atoms with E-state index < -0.39 is 10.1 Å². The highest BCUT2D eigenvalue weighted by Crippen LogP contribution is 2.32. The van der Waals surface area contributed by atoms with Gasteiger partial charge in [0.2, 0.25) is 0 Å². The molecule has 0 aliphatic rings. The zero-order valence-electron chi connectivity index (χ0n) is 19.0. The minimum Gasteiger partial charge on any atom is -0.282 e. The van der Waals surface area contributed by atoms with E-state index in [2.05, 4.69) is 19.9 Å². The first-order valence-corrected chi connectivity index (χ1v) is 13.4. The molecule has 168 valence electrons. The Morgan fingerprint density at radius 2 is 1.27 bits per heavy atom. The van der Waals surface area contributed by atoms with E-state index in [-0.39, 0.29) is 4.90 Å². The molecule has 4 heteroatoms. The van der Waals surface area contributed by atoms with Gasteiger partial charge in [0.1, 0.15) is 4.90 Å². The van der Waals surface area contributed by atoms with E-state index in [1.807, 2.05) is 24.3 Å². The van der Waals surface area contributed by atoms with E-state index >= 15 is 0 Å². The number of unbranched alkanes of at least 4 members (excludes halogenated alkanes) is 10. The topological polar surface area (TPSA) is 54.4 Å². The van der Waals surface area contributed by atoms with Crippen molar-refractivity contribution in [2.75, 3.05) is 0 Å². The predicted molar refractivity (Wildman–Crippen MR) is 128 cm³/mol. The van der Waals surface area contributed by atoms with Crippen LogP contribution in [0.4, 0.5) is 0 Å². The van der Waals surface area contributed by atoms with Crippen LogP contribution in [0.15, 0.2) is 35.2 Å². The number of benzene rings is 2. The molecule has 3 nitrogen and oxygen atoms in total. The fraction of sp³-hybridized carbons (Fsp3) is 0.615. The van der Waals surface area contributed by atoms with Crippen molar-refractivity contribution in [1.29, 1.82) is 0 Å². The summed E-state index contributed by atoms with van der Waals surface area (Å²) in [7, 11) is -4.28. The lowest BCUT2D eigenvalue weighted by Gasteiger charge is -2.17. The van der Waals surface area contributed by atoms with Crippen LogP contribution < -0.4 is 0 Å². The van der Waals surface area contributed by atoms with Crippen molar-refractivity contribution in [2.45, 2.75) is 109 Å². The summed E-state index contributed by atoms with van der Waals surface area (Å²) in [4.78, 5) is 0.148. The largest absolute Gasteiger partial charge is 0.295 e. The molecule has 2 aromatic rings. The van der Waals surface area contributed by atoms with Crippen molar-refractivity contribution in [3.05, 3.63) is 41.5 Å². The van der Waals surface area contributed by atoms with Gasteiger partial charge in [-0.2, -0.15) is 8.42 Å². The van der Waals surface area contributed by atoms with Crippen LogP contribution >= 0.6 is 0 Å².